The first-order valence-electron chi connectivity index (χ1n) is 7.89. The third-order valence-electron chi connectivity index (χ3n) is 4.13. The van der Waals surface area contributed by atoms with Crippen molar-refractivity contribution >= 4 is 17.5 Å². The van der Waals surface area contributed by atoms with E-state index in [4.69, 9.17) is 11.6 Å². The lowest BCUT2D eigenvalue weighted by Crippen LogP contribution is -2.32. The van der Waals surface area contributed by atoms with Crippen LogP contribution in [0.15, 0.2) is 36.5 Å². The van der Waals surface area contributed by atoms with Crippen LogP contribution in [0.3, 0.4) is 0 Å². The summed E-state index contributed by atoms with van der Waals surface area (Å²) in [4.78, 5) is 14.2. The molecule has 1 aromatic carbocycles. The van der Waals surface area contributed by atoms with Crippen LogP contribution < -0.4 is 5.32 Å². The van der Waals surface area contributed by atoms with Gasteiger partial charge in [0.2, 0.25) is 0 Å². The molecule has 1 fully saturated rings. The molecule has 2 aromatic rings. The Hall–Kier alpha value is -1.85. The molecule has 1 aromatic heterocycles. The molecule has 1 saturated heterocycles. The molecule has 1 N–H and O–H groups in total. The highest BCUT2D eigenvalue weighted by molar-refractivity contribution is 6.30. The van der Waals surface area contributed by atoms with Crippen molar-refractivity contribution in [1.29, 1.82) is 0 Å². The number of hydrogen-bond donors (Lipinski definition) is 1. The Morgan fingerprint density at radius 2 is 2.35 bits per heavy atom. The minimum Gasteiger partial charge on any atom is -0.336 e. The van der Waals surface area contributed by atoms with E-state index in [1.165, 1.54) is 0 Å². The molecule has 0 radical (unpaired) electrons. The summed E-state index contributed by atoms with van der Waals surface area (Å²) in [6.45, 7) is 2.48. The van der Waals surface area contributed by atoms with Crippen molar-refractivity contribution in [3.05, 3.63) is 52.8 Å². The zero-order chi connectivity index (χ0) is 16.2. The van der Waals surface area contributed by atoms with E-state index in [1.54, 1.807) is 18.0 Å². The molecule has 5 nitrogen and oxygen atoms in total. The van der Waals surface area contributed by atoms with Crippen LogP contribution >= 0.6 is 11.6 Å². The smallest absolute Gasteiger partial charge is 0.274 e. The van der Waals surface area contributed by atoms with Crippen LogP contribution in [0.2, 0.25) is 5.02 Å². The van der Waals surface area contributed by atoms with Crippen molar-refractivity contribution in [1.82, 2.24) is 20.0 Å². The number of rotatable bonds is 4. The topological polar surface area (TPSA) is 50.2 Å². The minimum atomic E-state index is -0.0764. The van der Waals surface area contributed by atoms with E-state index in [-0.39, 0.29) is 5.91 Å². The lowest BCUT2D eigenvalue weighted by Gasteiger charge is -2.23. The molecule has 3 rings (SSSR count). The molecule has 0 spiro atoms. The summed E-state index contributed by atoms with van der Waals surface area (Å²) in [7, 11) is 1.78. The lowest BCUT2D eigenvalue weighted by molar-refractivity contribution is 0.0778. The van der Waals surface area contributed by atoms with Crippen molar-refractivity contribution < 1.29 is 4.79 Å². The molecule has 6 heteroatoms. The number of piperidine rings is 1. The Morgan fingerprint density at radius 1 is 1.48 bits per heavy atom. The SMILES string of the molecule is CN(Cc1cccc(Cl)c1)C(=O)c1ccn(C2CCCNC2)n1. The van der Waals surface area contributed by atoms with Gasteiger partial charge in [0.05, 0.1) is 6.04 Å². The van der Waals surface area contributed by atoms with Gasteiger partial charge in [0, 0.05) is 31.4 Å². The predicted octanol–water partition coefficient (Wildman–Crippen LogP) is 2.73. The molecule has 1 aliphatic rings. The Bertz CT molecular complexity index is 679. The van der Waals surface area contributed by atoms with Gasteiger partial charge in [0.15, 0.2) is 0 Å². The van der Waals surface area contributed by atoms with Gasteiger partial charge in [-0.2, -0.15) is 5.10 Å². The maximum absolute atomic E-state index is 12.5. The van der Waals surface area contributed by atoms with Crippen LogP contribution in [0.5, 0.6) is 0 Å². The number of aromatic nitrogens is 2. The van der Waals surface area contributed by atoms with Gasteiger partial charge in [-0.15, -0.1) is 0 Å². The lowest BCUT2D eigenvalue weighted by atomic mass is 10.1. The quantitative estimate of drug-likeness (QED) is 0.936. The molecule has 23 heavy (non-hydrogen) atoms. The first-order chi connectivity index (χ1) is 11.1. The highest BCUT2D eigenvalue weighted by atomic mass is 35.5. The minimum absolute atomic E-state index is 0.0764. The van der Waals surface area contributed by atoms with Crippen LogP contribution in [0, 0.1) is 0 Å². The van der Waals surface area contributed by atoms with Gasteiger partial charge in [-0.05, 0) is 43.1 Å². The number of nitrogens with one attached hydrogen (secondary N) is 1. The van der Waals surface area contributed by atoms with Gasteiger partial charge in [-0.1, -0.05) is 23.7 Å². The van der Waals surface area contributed by atoms with Crippen molar-refractivity contribution in [2.45, 2.75) is 25.4 Å². The van der Waals surface area contributed by atoms with E-state index in [0.29, 0.717) is 23.3 Å². The van der Waals surface area contributed by atoms with Crippen LogP contribution in [0.1, 0.15) is 34.9 Å². The number of halogens is 1. The Morgan fingerprint density at radius 3 is 3.09 bits per heavy atom. The van der Waals surface area contributed by atoms with E-state index in [1.807, 2.05) is 35.1 Å². The Labute approximate surface area is 141 Å². The van der Waals surface area contributed by atoms with Crippen LogP contribution in [0.4, 0.5) is 0 Å². The van der Waals surface area contributed by atoms with Crippen molar-refractivity contribution in [2.75, 3.05) is 20.1 Å². The van der Waals surface area contributed by atoms with Gasteiger partial charge < -0.3 is 10.2 Å². The first-order valence-corrected chi connectivity index (χ1v) is 8.27. The molecular formula is C17H21ClN4O. The fourth-order valence-electron chi connectivity index (χ4n) is 2.89. The summed E-state index contributed by atoms with van der Waals surface area (Å²) in [5, 5.41) is 8.52. The molecule has 1 aliphatic heterocycles. The number of hydrogen-bond acceptors (Lipinski definition) is 3. The van der Waals surface area contributed by atoms with Gasteiger partial charge in [-0.3, -0.25) is 9.48 Å². The molecular weight excluding hydrogens is 312 g/mol. The maximum Gasteiger partial charge on any atom is 0.274 e. The van der Waals surface area contributed by atoms with E-state index < -0.39 is 0 Å². The highest BCUT2D eigenvalue weighted by Crippen LogP contribution is 2.17. The monoisotopic (exact) mass is 332 g/mol. The normalized spacial score (nSPS) is 17.9. The van der Waals surface area contributed by atoms with Gasteiger partial charge in [-0.25, -0.2) is 0 Å². The summed E-state index contributed by atoms with van der Waals surface area (Å²) in [5.74, 6) is -0.0764. The van der Waals surface area contributed by atoms with Crippen molar-refractivity contribution in [2.24, 2.45) is 0 Å². The molecule has 122 valence electrons. The second-order valence-electron chi connectivity index (χ2n) is 5.97. The fraction of sp³-hybridized carbons (Fsp3) is 0.412. The maximum atomic E-state index is 12.5. The molecule has 1 amide bonds. The number of carbonyl (C=O) groups is 1. The summed E-state index contributed by atoms with van der Waals surface area (Å²) < 4.78 is 1.91. The molecule has 0 saturated carbocycles. The third kappa shape index (κ3) is 3.92. The molecule has 2 heterocycles. The van der Waals surface area contributed by atoms with E-state index in [9.17, 15) is 4.79 Å². The second kappa shape index (κ2) is 7.15. The summed E-state index contributed by atoms with van der Waals surface area (Å²) in [5.41, 5.74) is 1.49. The van der Waals surface area contributed by atoms with Gasteiger partial charge >= 0.3 is 0 Å². The summed E-state index contributed by atoms with van der Waals surface area (Å²) >= 11 is 5.99. The average Bonchev–Trinajstić information content (AvgIpc) is 3.05. The van der Waals surface area contributed by atoms with Crippen molar-refractivity contribution in [3.63, 3.8) is 0 Å². The van der Waals surface area contributed by atoms with Gasteiger partial charge in [0.1, 0.15) is 5.69 Å². The number of nitrogens with zero attached hydrogens (tertiary/aromatic N) is 3. The zero-order valence-electron chi connectivity index (χ0n) is 13.2. The van der Waals surface area contributed by atoms with Gasteiger partial charge in [0.25, 0.3) is 5.91 Å². The second-order valence-corrected chi connectivity index (χ2v) is 6.41. The molecule has 0 aliphatic carbocycles. The fourth-order valence-corrected chi connectivity index (χ4v) is 3.10. The van der Waals surface area contributed by atoms with Crippen molar-refractivity contribution in [3.8, 4) is 0 Å². The number of benzene rings is 1. The zero-order valence-corrected chi connectivity index (χ0v) is 14.0. The number of amides is 1. The third-order valence-corrected chi connectivity index (χ3v) is 4.36. The first kappa shape index (κ1) is 16.0. The highest BCUT2D eigenvalue weighted by Gasteiger charge is 2.19. The average molecular weight is 333 g/mol. The molecule has 1 unspecified atom stereocenters. The summed E-state index contributed by atoms with van der Waals surface area (Å²) in [6.07, 6.45) is 4.14. The van der Waals surface area contributed by atoms with E-state index >= 15 is 0 Å². The predicted molar refractivity (Wildman–Crippen MR) is 90.6 cm³/mol. The van der Waals surface area contributed by atoms with Crippen LogP contribution in [-0.4, -0.2) is 40.7 Å². The molecule has 0 bridgehead atoms. The Kier molecular flexibility index (Phi) is 4.98. The van der Waals surface area contributed by atoms with E-state index in [0.717, 1.165) is 31.5 Å². The number of carbonyl (C=O) groups excluding carboxylic acids is 1. The largest absolute Gasteiger partial charge is 0.336 e. The standard InChI is InChI=1S/C17H21ClN4O/c1-21(12-13-4-2-5-14(18)10-13)17(23)16-7-9-22(20-16)15-6-3-8-19-11-15/h2,4-5,7,9-10,15,19H,3,6,8,11-12H2,1H3. The van der Waals surface area contributed by atoms with E-state index in [2.05, 4.69) is 10.4 Å². The van der Waals surface area contributed by atoms with Crippen LogP contribution in [-0.2, 0) is 6.54 Å². The summed E-state index contributed by atoms with van der Waals surface area (Å²) in [6, 6.07) is 9.68. The Balaban J connectivity index is 1.66. The molecule has 1 atom stereocenters. The van der Waals surface area contributed by atoms with Crippen LogP contribution in [0.25, 0.3) is 0 Å².